The third-order valence-corrected chi connectivity index (χ3v) is 7.30. The predicted octanol–water partition coefficient (Wildman–Crippen LogP) is 7.75. The summed E-state index contributed by atoms with van der Waals surface area (Å²) in [4.78, 5) is 0. The smallest absolute Gasteiger partial charge is 0.147 e. The molecule has 0 aliphatic heterocycles. The molecule has 1 aliphatic carbocycles. The Hall–Kier alpha value is -1.02. The van der Waals surface area contributed by atoms with Crippen LogP contribution >= 0.6 is 37.2 Å². The van der Waals surface area contributed by atoms with E-state index in [2.05, 4.69) is 138 Å². The molecule has 3 aromatic rings. The van der Waals surface area contributed by atoms with Gasteiger partial charge in [-0.1, -0.05) is 0 Å². The summed E-state index contributed by atoms with van der Waals surface area (Å²) >= 11 is 2.42. The number of benzene rings is 3. The fourth-order valence-electron chi connectivity index (χ4n) is 5.09. The average Bonchev–Trinajstić information content (AvgIpc) is 3.01. The molecule has 0 nitrogen and oxygen atoms in total. The van der Waals surface area contributed by atoms with Crippen LogP contribution in [-0.4, -0.2) is 0 Å². The molecule has 0 aromatic heterocycles. The predicted molar refractivity (Wildman–Crippen MR) is 132 cm³/mol. The van der Waals surface area contributed by atoms with Crippen LogP contribution in [0.5, 0.6) is 0 Å². The molecule has 1 unspecified atom stereocenters. The molecule has 0 amide bonds. The van der Waals surface area contributed by atoms with Crippen molar-refractivity contribution in [2.24, 2.45) is 5.41 Å². The van der Waals surface area contributed by atoms with Crippen LogP contribution in [0, 0.1) is 5.41 Å². The summed E-state index contributed by atoms with van der Waals surface area (Å²) in [7, 11) is 0. The van der Waals surface area contributed by atoms with Crippen molar-refractivity contribution >= 4 is 43.3 Å². The van der Waals surface area contributed by atoms with Gasteiger partial charge in [-0.15, -0.1) is 37.2 Å². The van der Waals surface area contributed by atoms with Gasteiger partial charge in [0.2, 0.25) is 0 Å². The maximum atomic E-state index is 2.43. The van der Waals surface area contributed by atoms with Crippen LogP contribution in [0.1, 0.15) is 43.0 Å². The third kappa shape index (κ3) is 3.94. The summed E-state index contributed by atoms with van der Waals surface area (Å²) in [6.45, 7) is 7.15. The van der Waals surface area contributed by atoms with Gasteiger partial charge in [-0.2, -0.15) is 0 Å². The van der Waals surface area contributed by atoms with Crippen molar-refractivity contribution in [3.05, 3.63) is 113 Å². The Morgan fingerprint density at radius 1 is 0.633 bits per heavy atom. The first-order chi connectivity index (χ1) is 12.9. The molecule has 30 heavy (non-hydrogen) atoms. The van der Waals surface area contributed by atoms with Crippen molar-refractivity contribution in [3.63, 3.8) is 0 Å². The minimum Gasteiger partial charge on any atom is -0.147 e. The standard InChI is InChI=1S/C26H25.3ClH.Ti/c1-25(2,3)26(21-13-6-4-7-14-21,22-15-8-5-9-16-22)24-19-18-20-12-10-11-17-23(20)24;;;;/h4-19H,1-3H3;3*1H;. The number of rotatable bonds is 3. The molecule has 4 rings (SSSR count). The molecular weight excluding hydrogens is 467 g/mol. The Morgan fingerprint density at radius 2 is 1.07 bits per heavy atom. The summed E-state index contributed by atoms with van der Waals surface area (Å²) in [6.07, 6.45) is 4.74. The van der Waals surface area contributed by atoms with Crippen LogP contribution in [0.4, 0.5) is 0 Å². The monoisotopic (exact) mass is 493 g/mol. The first-order valence-electron chi connectivity index (χ1n) is 9.56. The minimum absolute atomic E-state index is 0. The van der Waals surface area contributed by atoms with Crippen LogP contribution in [0.15, 0.2) is 91.0 Å². The molecule has 0 saturated heterocycles. The van der Waals surface area contributed by atoms with E-state index in [4.69, 9.17) is 0 Å². The van der Waals surface area contributed by atoms with Crippen LogP contribution in [0.25, 0.3) is 6.08 Å². The number of allylic oxidation sites excluding steroid dienone is 1. The first kappa shape index (κ1) is 27.0. The van der Waals surface area contributed by atoms with E-state index in [1.54, 1.807) is 0 Å². The SMILES string of the molecule is CC(C)(C)C(c1ccccc1)(c1ccccc1)[C]1([Ti])C=Cc2ccccc21.Cl.Cl.Cl. The molecule has 0 fully saturated rings. The molecule has 1 atom stereocenters. The molecule has 0 spiro atoms. The van der Waals surface area contributed by atoms with E-state index >= 15 is 0 Å². The van der Waals surface area contributed by atoms with Gasteiger partial charge < -0.3 is 0 Å². The van der Waals surface area contributed by atoms with E-state index < -0.39 is 0 Å². The van der Waals surface area contributed by atoms with Crippen molar-refractivity contribution in [1.82, 2.24) is 0 Å². The van der Waals surface area contributed by atoms with Gasteiger partial charge in [-0.05, 0) is 0 Å². The molecule has 3 aromatic carbocycles. The molecule has 0 radical (unpaired) electrons. The zero-order valence-electron chi connectivity index (χ0n) is 17.5. The van der Waals surface area contributed by atoms with Crippen LogP contribution in [0.3, 0.4) is 0 Å². The molecule has 0 N–H and O–H groups in total. The molecule has 0 saturated carbocycles. The van der Waals surface area contributed by atoms with Crippen molar-refractivity contribution in [3.8, 4) is 0 Å². The van der Waals surface area contributed by atoms with Crippen LogP contribution in [0.2, 0.25) is 0 Å². The van der Waals surface area contributed by atoms with Crippen LogP contribution in [-0.2, 0) is 29.6 Å². The second kappa shape index (κ2) is 10.1. The molecule has 0 bridgehead atoms. The Bertz CT molecular complexity index is 938. The fourth-order valence-corrected chi connectivity index (χ4v) is 6.61. The van der Waals surface area contributed by atoms with E-state index in [1.165, 1.54) is 22.3 Å². The Kier molecular flexibility index (Phi) is 9.07. The van der Waals surface area contributed by atoms with Crippen molar-refractivity contribution in [2.75, 3.05) is 0 Å². The zero-order valence-corrected chi connectivity index (χ0v) is 21.5. The van der Waals surface area contributed by atoms with Gasteiger partial charge in [0, 0.05) is 0 Å². The topological polar surface area (TPSA) is 0 Å². The summed E-state index contributed by atoms with van der Waals surface area (Å²) in [5.41, 5.74) is 5.27. The van der Waals surface area contributed by atoms with E-state index in [0.29, 0.717) is 0 Å². The quantitative estimate of drug-likeness (QED) is 0.327. The van der Waals surface area contributed by atoms with E-state index in [0.717, 1.165) is 0 Å². The van der Waals surface area contributed by atoms with Crippen molar-refractivity contribution < 1.29 is 20.4 Å². The van der Waals surface area contributed by atoms with Crippen molar-refractivity contribution in [2.45, 2.75) is 29.9 Å². The summed E-state index contributed by atoms with van der Waals surface area (Å²) in [5.74, 6) is 0. The maximum absolute atomic E-state index is 2.43. The zero-order chi connectivity index (χ0) is 19.1. The number of hydrogen-bond acceptors (Lipinski definition) is 0. The first-order valence-corrected chi connectivity index (χ1v) is 10.3. The van der Waals surface area contributed by atoms with E-state index in [1.807, 2.05) is 0 Å². The Balaban J connectivity index is 0.00000150. The van der Waals surface area contributed by atoms with Gasteiger partial charge in [-0.25, -0.2) is 0 Å². The average molecular weight is 495 g/mol. The number of fused-ring (bicyclic) bond motifs is 1. The van der Waals surface area contributed by atoms with Crippen LogP contribution < -0.4 is 0 Å². The number of halogens is 3. The Morgan fingerprint density at radius 3 is 1.53 bits per heavy atom. The van der Waals surface area contributed by atoms with Gasteiger partial charge in [0.05, 0.1) is 0 Å². The second-order valence-corrected chi connectivity index (χ2v) is 9.69. The fraction of sp³-hybridized carbons (Fsp3) is 0.231. The molecular formula is C26H28Cl3Ti. The summed E-state index contributed by atoms with van der Waals surface area (Å²) in [6, 6.07) is 31.0. The van der Waals surface area contributed by atoms with E-state index in [9.17, 15) is 0 Å². The Labute approximate surface area is 211 Å². The molecule has 157 valence electrons. The van der Waals surface area contributed by atoms with Crippen molar-refractivity contribution in [1.29, 1.82) is 0 Å². The maximum Gasteiger partial charge on any atom is -0.147 e. The summed E-state index contributed by atoms with van der Waals surface area (Å²) < 4.78 is -0.148. The second-order valence-electron chi connectivity index (χ2n) is 8.46. The minimum atomic E-state index is -0.203. The summed E-state index contributed by atoms with van der Waals surface area (Å²) in [5, 5.41) is 0. The molecule has 4 heteroatoms. The molecule has 0 heterocycles. The van der Waals surface area contributed by atoms with Gasteiger partial charge in [0.25, 0.3) is 0 Å². The van der Waals surface area contributed by atoms with Gasteiger partial charge in [0.15, 0.2) is 0 Å². The van der Waals surface area contributed by atoms with Gasteiger partial charge in [0.1, 0.15) is 0 Å². The third-order valence-electron chi connectivity index (χ3n) is 6.03. The number of hydrogen-bond donors (Lipinski definition) is 0. The van der Waals surface area contributed by atoms with E-state index in [-0.39, 0.29) is 51.8 Å². The molecule has 1 aliphatic rings. The normalized spacial score (nSPS) is 17.1. The van der Waals surface area contributed by atoms with Gasteiger partial charge >= 0.3 is 175 Å². The largest absolute Gasteiger partial charge is 0.147 e. The van der Waals surface area contributed by atoms with Gasteiger partial charge in [-0.3, -0.25) is 0 Å².